The molecular weight excluding hydrogens is 428 g/mol. The highest BCUT2D eigenvalue weighted by Gasteiger charge is 2.23. The van der Waals surface area contributed by atoms with Crippen molar-refractivity contribution < 1.29 is 14.3 Å². The fourth-order valence-corrected chi connectivity index (χ4v) is 4.70. The Balaban J connectivity index is 1.36. The Morgan fingerprint density at radius 3 is 2.62 bits per heavy atom. The van der Waals surface area contributed by atoms with Crippen LogP contribution in [0.25, 0.3) is 6.08 Å². The first-order valence-electron chi connectivity index (χ1n) is 12.1. The van der Waals surface area contributed by atoms with Crippen molar-refractivity contribution in [1.29, 1.82) is 0 Å². The number of likely N-dealkylation sites (tertiary alicyclic amines) is 1. The van der Waals surface area contributed by atoms with Gasteiger partial charge in [-0.05, 0) is 79.7 Å². The summed E-state index contributed by atoms with van der Waals surface area (Å²) in [5.41, 5.74) is 5.25. The Morgan fingerprint density at radius 2 is 1.88 bits per heavy atom. The summed E-state index contributed by atoms with van der Waals surface area (Å²) in [6.07, 6.45) is 9.69. The lowest BCUT2D eigenvalue weighted by atomic mass is 9.94. The van der Waals surface area contributed by atoms with Gasteiger partial charge in [0.25, 0.3) is 0 Å². The molecule has 34 heavy (non-hydrogen) atoms. The second-order valence-corrected chi connectivity index (χ2v) is 9.06. The second kappa shape index (κ2) is 11.3. The van der Waals surface area contributed by atoms with Crippen molar-refractivity contribution in [1.82, 2.24) is 20.1 Å². The fraction of sp³-hybridized carbons (Fsp3) is 0.444. The summed E-state index contributed by atoms with van der Waals surface area (Å²) in [4.78, 5) is 33.9. The van der Waals surface area contributed by atoms with Gasteiger partial charge in [-0.1, -0.05) is 18.6 Å². The molecule has 0 spiro atoms. The first-order valence-corrected chi connectivity index (χ1v) is 12.1. The molecule has 1 aromatic heterocycles. The zero-order chi connectivity index (χ0) is 23.9. The smallest absolute Gasteiger partial charge is 0.246 e. The van der Waals surface area contributed by atoms with Gasteiger partial charge < -0.3 is 15.0 Å². The molecule has 4 rings (SSSR count). The molecular formula is C27H34N4O3. The number of hydrogen-bond donors (Lipinski definition) is 1. The SMILES string of the molecule is COc1ccc(/C=C/C(=O)N2CCc3c(cnc(C)c3CNC(=O)CN3CCCCC3)C2)cc1. The van der Waals surface area contributed by atoms with E-state index in [0.717, 1.165) is 47.6 Å². The predicted molar refractivity (Wildman–Crippen MR) is 132 cm³/mol. The minimum Gasteiger partial charge on any atom is -0.497 e. The van der Waals surface area contributed by atoms with Crippen LogP contribution < -0.4 is 10.1 Å². The van der Waals surface area contributed by atoms with Crippen LogP contribution in [0.3, 0.4) is 0 Å². The topological polar surface area (TPSA) is 74.8 Å². The second-order valence-electron chi connectivity index (χ2n) is 9.06. The van der Waals surface area contributed by atoms with Crippen molar-refractivity contribution in [3.63, 3.8) is 0 Å². The monoisotopic (exact) mass is 462 g/mol. The Bertz CT molecular complexity index is 1040. The van der Waals surface area contributed by atoms with E-state index in [2.05, 4.69) is 15.2 Å². The summed E-state index contributed by atoms with van der Waals surface area (Å²) in [6.45, 7) is 6.13. The van der Waals surface area contributed by atoms with Crippen LogP contribution in [0, 0.1) is 6.92 Å². The number of fused-ring (bicyclic) bond motifs is 1. The average Bonchev–Trinajstić information content (AvgIpc) is 2.87. The number of benzene rings is 1. The van der Waals surface area contributed by atoms with E-state index in [1.807, 2.05) is 48.4 Å². The first-order chi connectivity index (χ1) is 16.5. The normalized spacial score (nSPS) is 16.4. The summed E-state index contributed by atoms with van der Waals surface area (Å²) in [7, 11) is 1.63. The molecule has 1 N–H and O–H groups in total. The van der Waals surface area contributed by atoms with Crippen LogP contribution in [0.2, 0.25) is 0 Å². The zero-order valence-electron chi connectivity index (χ0n) is 20.2. The number of methoxy groups -OCH3 is 1. The first kappa shape index (κ1) is 24.0. The number of piperidine rings is 1. The van der Waals surface area contributed by atoms with E-state index in [4.69, 9.17) is 4.74 Å². The molecule has 2 amide bonds. The Kier molecular flexibility index (Phi) is 7.95. The maximum absolute atomic E-state index is 12.8. The Hall–Kier alpha value is -3.19. The number of ether oxygens (including phenoxy) is 1. The number of nitrogens with one attached hydrogen (secondary N) is 1. The number of aromatic nitrogens is 1. The van der Waals surface area contributed by atoms with Gasteiger partial charge in [-0.25, -0.2) is 0 Å². The molecule has 1 aromatic carbocycles. The molecule has 0 unspecified atom stereocenters. The standard InChI is InChI=1S/C27H34N4O3/c1-20-25(17-29-26(32)19-30-13-4-3-5-14-30)24-12-15-31(18-22(24)16-28-20)27(33)11-8-21-6-9-23(34-2)10-7-21/h6-11,16H,3-5,12-15,17-19H2,1-2H3,(H,29,32)/b11-8+. The quantitative estimate of drug-likeness (QED) is 0.640. The van der Waals surface area contributed by atoms with Crippen molar-refractivity contribution in [2.75, 3.05) is 33.3 Å². The van der Waals surface area contributed by atoms with Gasteiger partial charge >= 0.3 is 0 Å². The summed E-state index contributed by atoms with van der Waals surface area (Å²) in [5.74, 6) is 0.839. The lowest BCUT2D eigenvalue weighted by Gasteiger charge is -2.30. The van der Waals surface area contributed by atoms with Gasteiger partial charge in [-0.2, -0.15) is 0 Å². The molecule has 7 nitrogen and oxygen atoms in total. The van der Waals surface area contributed by atoms with Gasteiger partial charge in [0.2, 0.25) is 11.8 Å². The molecule has 180 valence electrons. The lowest BCUT2D eigenvalue weighted by Crippen LogP contribution is -2.40. The number of nitrogens with zero attached hydrogens (tertiary/aromatic N) is 3. The molecule has 2 aliphatic rings. The molecule has 0 saturated carbocycles. The molecule has 3 heterocycles. The molecule has 7 heteroatoms. The molecule has 2 aliphatic heterocycles. The maximum Gasteiger partial charge on any atom is 0.246 e. The number of pyridine rings is 1. The minimum absolute atomic E-state index is 0.0153. The number of hydrogen-bond acceptors (Lipinski definition) is 5. The average molecular weight is 463 g/mol. The van der Waals surface area contributed by atoms with Crippen LogP contribution in [0.5, 0.6) is 5.75 Å². The highest BCUT2D eigenvalue weighted by Crippen LogP contribution is 2.24. The zero-order valence-corrected chi connectivity index (χ0v) is 20.2. The minimum atomic E-state index is -0.0153. The van der Waals surface area contributed by atoms with Crippen molar-refractivity contribution in [3.8, 4) is 5.75 Å². The third-order valence-corrected chi connectivity index (χ3v) is 6.72. The van der Waals surface area contributed by atoms with Gasteiger partial charge in [-0.3, -0.25) is 19.5 Å². The third-order valence-electron chi connectivity index (χ3n) is 6.72. The van der Waals surface area contributed by atoms with Crippen LogP contribution in [0.15, 0.2) is 36.5 Å². The van der Waals surface area contributed by atoms with E-state index >= 15 is 0 Å². The number of amides is 2. The maximum atomic E-state index is 12.8. The summed E-state index contributed by atoms with van der Waals surface area (Å²) in [6, 6.07) is 7.60. The van der Waals surface area contributed by atoms with Gasteiger partial charge in [0.05, 0.1) is 13.7 Å². The number of carbonyl (C=O) groups excluding carboxylic acids is 2. The number of aryl methyl sites for hydroxylation is 1. The van der Waals surface area contributed by atoms with Crippen molar-refractivity contribution >= 4 is 17.9 Å². The van der Waals surface area contributed by atoms with E-state index in [1.54, 1.807) is 13.2 Å². The lowest BCUT2D eigenvalue weighted by molar-refractivity contribution is -0.126. The van der Waals surface area contributed by atoms with Gasteiger partial charge in [0.1, 0.15) is 5.75 Å². The van der Waals surface area contributed by atoms with Crippen LogP contribution in [0.4, 0.5) is 0 Å². The summed E-state index contributed by atoms with van der Waals surface area (Å²) < 4.78 is 5.18. The summed E-state index contributed by atoms with van der Waals surface area (Å²) >= 11 is 0. The van der Waals surface area contributed by atoms with E-state index in [1.165, 1.54) is 24.8 Å². The van der Waals surface area contributed by atoms with E-state index in [0.29, 0.717) is 26.2 Å². The van der Waals surface area contributed by atoms with Crippen molar-refractivity contribution in [3.05, 3.63) is 64.5 Å². The summed E-state index contributed by atoms with van der Waals surface area (Å²) in [5, 5.41) is 3.10. The van der Waals surface area contributed by atoms with Crippen LogP contribution >= 0.6 is 0 Å². The van der Waals surface area contributed by atoms with Gasteiger partial charge in [0, 0.05) is 37.6 Å². The molecule has 0 aliphatic carbocycles. The number of carbonyl (C=O) groups is 2. The van der Waals surface area contributed by atoms with Crippen LogP contribution in [-0.4, -0.2) is 59.9 Å². The molecule has 2 aromatic rings. The third kappa shape index (κ3) is 6.03. The highest BCUT2D eigenvalue weighted by molar-refractivity contribution is 5.92. The highest BCUT2D eigenvalue weighted by atomic mass is 16.5. The van der Waals surface area contributed by atoms with E-state index in [9.17, 15) is 9.59 Å². The van der Waals surface area contributed by atoms with Crippen molar-refractivity contribution in [2.24, 2.45) is 0 Å². The van der Waals surface area contributed by atoms with E-state index < -0.39 is 0 Å². The largest absolute Gasteiger partial charge is 0.497 e. The van der Waals surface area contributed by atoms with Gasteiger partial charge in [0.15, 0.2) is 0 Å². The van der Waals surface area contributed by atoms with E-state index in [-0.39, 0.29) is 11.8 Å². The molecule has 0 atom stereocenters. The number of rotatable bonds is 7. The predicted octanol–water partition coefficient (Wildman–Crippen LogP) is 3.10. The van der Waals surface area contributed by atoms with Crippen molar-refractivity contribution in [2.45, 2.75) is 45.7 Å². The van der Waals surface area contributed by atoms with Crippen LogP contribution in [0.1, 0.15) is 47.2 Å². The Morgan fingerprint density at radius 1 is 1.12 bits per heavy atom. The molecule has 0 radical (unpaired) electrons. The Labute approximate surface area is 201 Å². The van der Waals surface area contributed by atoms with Gasteiger partial charge in [-0.15, -0.1) is 0 Å². The molecule has 1 saturated heterocycles. The van der Waals surface area contributed by atoms with Crippen LogP contribution in [-0.2, 0) is 29.1 Å². The molecule has 1 fully saturated rings. The molecule has 0 bridgehead atoms. The fourth-order valence-electron chi connectivity index (χ4n) is 4.70.